The Balaban J connectivity index is 1.63. The molecule has 0 bridgehead atoms. The molecule has 1 aromatic heterocycles. The number of benzene rings is 2. The Bertz CT molecular complexity index is 1960. The van der Waals surface area contributed by atoms with Gasteiger partial charge in [0.05, 0.1) is 49.4 Å². The van der Waals surface area contributed by atoms with Crippen molar-refractivity contribution in [2.24, 2.45) is 0 Å². The maximum absolute atomic E-state index is 15.7. The number of carbonyl (C=O) groups excluding carboxylic acids is 3. The van der Waals surface area contributed by atoms with E-state index in [4.69, 9.17) is 19.5 Å². The molecular formula is C43H50F3N5O6S. The van der Waals surface area contributed by atoms with Crippen LogP contribution in [0.4, 0.5) is 28.4 Å². The van der Waals surface area contributed by atoms with Crippen LogP contribution in [-0.2, 0) is 25.4 Å². The van der Waals surface area contributed by atoms with Crippen LogP contribution in [0.15, 0.2) is 84.1 Å². The summed E-state index contributed by atoms with van der Waals surface area (Å²) in [7, 11) is 0. The summed E-state index contributed by atoms with van der Waals surface area (Å²) in [6, 6.07) is 11.2. The van der Waals surface area contributed by atoms with Crippen LogP contribution in [0, 0.1) is 28.8 Å². The summed E-state index contributed by atoms with van der Waals surface area (Å²) in [5, 5.41) is 14.5. The minimum absolute atomic E-state index is 0.0146. The molecule has 0 unspecified atom stereocenters. The van der Waals surface area contributed by atoms with Crippen LogP contribution >= 0.6 is 11.8 Å². The van der Waals surface area contributed by atoms with Gasteiger partial charge in [-0.05, 0) is 103 Å². The molecule has 2 N–H and O–H groups in total. The molecule has 58 heavy (non-hydrogen) atoms. The van der Waals surface area contributed by atoms with Gasteiger partial charge in [0, 0.05) is 27.7 Å². The van der Waals surface area contributed by atoms with Crippen LogP contribution in [0.5, 0.6) is 0 Å². The molecule has 4 rings (SSSR count). The van der Waals surface area contributed by atoms with E-state index in [9.17, 15) is 23.2 Å². The van der Waals surface area contributed by atoms with Crippen molar-refractivity contribution in [3.05, 3.63) is 118 Å². The van der Waals surface area contributed by atoms with Crippen LogP contribution in [0.3, 0.4) is 0 Å². The summed E-state index contributed by atoms with van der Waals surface area (Å²) in [6.45, 7) is 16.3. The lowest BCUT2D eigenvalue weighted by Gasteiger charge is -2.38. The zero-order chi connectivity index (χ0) is 42.8. The molecule has 1 aliphatic rings. The lowest BCUT2D eigenvalue weighted by Crippen LogP contribution is -2.52. The Morgan fingerprint density at radius 1 is 0.966 bits per heavy atom. The van der Waals surface area contributed by atoms with Crippen molar-refractivity contribution in [1.82, 2.24) is 15.2 Å². The van der Waals surface area contributed by atoms with Gasteiger partial charge in [-0.3, -0.25) is 9.78 Å². The summed E-state index contributed by atoms with van der Waals surface area (Å²) in [5.41, 5.74) is -0.262. The number of hydrogen-bond acceptors (Lipinski definition) is 9. The van der Waals surface area contributed by atoms with Gasteiger partial charge >= 0.3 is 12.2 Å². The number of ether oxygens (including phenoxy) is 3. The number of anilines is 1. The number of nitrogens with one attached hydrogen (secondary N) is 2. The summed E-state index contributed by atoms with van der Waals surface area (Å²) >= 11 is 1.37. The Labute approximate surface area is 342 Å². The van der Waals surface area contributed by atoms with Crippen molar-refractivity contribution in [2.75, 3.05) is 24.2 Å². The molecule has 3 amide bonds. The number of alkyl carbamates (subject to hydrolysis) is 1. The Morgan fingerprint density at radius 3 is 2.09 bits per heavy atom. The average molecular weight is 822 g/mol. The van der Waals surface area contributed by atoms with Crippen LogP contribution < -0.4 is 10.6 Å². The molecule has 3 atom stereocenters. The smallest absolute Gasteiger partial charge is 0.410 e. The highest BCUT2D eigenvalue weighted by Gasteiger charge is 2.36. The van der Waals surface area contributed by atoms with E-state index in [0.717, 1.165) is 6.20 Å². The Kier molecular flexibility index (Phi) is 15.6. The van der Waals surface area contributed by atoms with Gasteiger partial charge in [-0.2, -0.15) is 5.26 Å². The molecule has 0 spiro atoms. The van der Waals surface area contributed by atoms with E-state index in [1.54, 1.807) is 59.4 Å². The molecule has 1 aliphatic heterocycles. The number of halogens is 3. The first-order valence-corrected chi connectivity index (χ1v) is 19.7. The fourth-order valence-electron chi connectivity index (χ4n) is 6.16. The standard InChI is InChI=1S/C43H50F3N5O6S/c1-26(20-47)19-27(2)58-25-33-24-51(41(54)57-43(6,7)8)23-32(55-33)17-18-34-35(46)21-48-22-36(34)49-39(52)38(50-40(53)56-42(3,4)5)37(28-9-13-30(44)14-10-28)29-11-15-31(45)16-12-29/h9-16,19,21-22,32-33,37-38H,2,17-18,23-25H2,1,3-8H3,(H,49,52)(H,50,53)/b26-19+/t32-,33+,38+/m1/s1. The molecule has 2 heterocycles. The first-order chi connectivity index (χ1) is 27.2. The molecular weight excluding hydrogens is 772 g/mol. The number of nitriles is 1. The van der Waals surface area contributed by atoms with Crippen LogP contribution in [-0.4, -0.2) is 76.3 Å². The SMILES string of the molecule is C=C(/C=C(\C)C#N)SC[C@@H]1CN(C(=O)OC(C)(C)C)C[C@@H](CCc2c(F)cncc2NC(=O)[C@@H](NC(=O)OC(C)(C)C)C(c2ccc(F)cc2)c2ccc(F)cc2)O1. The molecule has 0 aliphatic carbocycles. The monoisotopic (exact) mass is 821 g/mol. The lowest BCUT2D eigenvalue weighted by molar-refractivity contribution is -0.118. The van der Waals surface area contributed by atoms with E-state index in [1.165, 1.54) is 66.5 Å². The highest BCUT2D eigenvalue weighted by Crippen LogP contribution is 2.32. The topological polar surface area (TPSA) is 143 Å². The zero-order valence-electron chi connectivity index (χ0n) is 33.7. The number of aromatic nitrogens is 1. The maximum Gasteiger partial charge on any atom is 0.410 e. The van der Waals surface area contributed by atoms with E-state index < -0.39 is 70.9 Å². The van der Waals surface area contributed by atoms with Gasteiger partial charge in [0.1, 0.15) is 34.7 Å². The van der Waals surface area contributed by atoms with Gasteiger partial charge in [-0.15, -0.1) is 11.8 Å². The van der Waals surface area contributed by atoms with Crippen molar-refractivity contribution in [1.29, 1.82) is 5.26 Å². The highest BCUT2D eigenvalue weighted by atomic mass is 32.2. The molecule has 1 saturated heterocycles. The molecule has 310 valence electrons. The molecule has 11 nitrogen and oxygen atoms in total. The van der Waals surface area contributed by atoms with Crippen LogP contribution in [0.1, 0.15) is 77.5 Å². The van der Waals surface area contributed by atoms with Gasteiger partial charge in [0.25, 0.3) is 0 Å². The van der Waals surface area contributed by atoms with E-state index in [0.29, 0.717) is 27.4 Å². The normalized spacial score (nSPS) is 16.6. The second-order valence-electron chi connectivity index (χ2n) is 15.9. The summed E-state index contributed by atoms with van der Waals surface area (Å²) in [4.78, 5) is 47.0. The van der Waals surface area contributed by atoms with Crippen molar-refractivity contribution >= 4 is 35.5 Å². The summed E-state index contributed by atoms with van der Waals surface area (Å²) in [5.74, 6) is -3.16. The maximum atomic E-state index is 15.7. The van der Waals surface area contributed by atoms with Crippen LogP contribution in [0.25, 0.3) is 0 Å². The fraction of sp³-hybridized carbons (Fsp3) is 0.419. The first-order valence-electron chi connectivity index (χ1n) is 18.7. The van der Waals surface area contributed by atoms with Crippen molar-refractivity contribution in [3.8, 4) is 6.07 Å². The highest BCUT2D eigenvalue weighted by molar-refractivity contribution is 8.03. The molecule has 0 saturated carbocycles. The minimum atomic E-state index is -1.44. The number of hydrogen-bond donors (Lipinski definition) is 2. The zero-order valence-corrected chi connectivity index (χ0v) is 34.6. The van der Waals surface area contributed by atoms with Crippen LogP contribution in [0.2, 0.25) is 0 Å². The van der Waals surface area contributed by atoms with Crippen molar-refractivity contribution < 1.29 is 41.8 Å². The first kappa shape index (κ1) is 45.4. The molecule has 1 fully saturated rings. The van der Waals surface area contributed by atoms with E-state index in [-0.39, 0.29) is 37.2 Å². The van der Waals surface area contributed by atoms with Gasteiger partial charge in [-0.1, -0.05) is 30.8 Å². The van der Waals surface area contributed by atoms with Gasteiger partial charge in [0.15, 0.2) is 0 Å². The van der Waals surface area contributed by atoms with Crippen molar-refractivity contribution in [2.45, 2.75) is 96.7 Å². The summed E-state index contributed by atoms with van der Waals surface area (Å²) < 4.78 is 61.4. The number of pyridine rings is 1. The quantitative estimate of drug-likeness (QED) is 0.128. The lowest BCUT2D eigenvalue weighted by atomic mass is 9.84. The third kappa shape index (κ3) is 13.9. The molecule has 3 aromatic rings. The predicted molar refractivity (Wildman–Crippen MR) is 216 cm³/mol. The Hall–Kier alpha value is -5.33. The minimum Gasteiger partial charge on any atom is -0.444 e. The molecule has 2 aromatic carbocycles. The van der Waals surface area contributed by atoms with E-state index in [1.807, 2.05) is 0 Å². The number of carbonyl (C=O) groups is 3. The Morgan fingerprint density at radius 2 is 1.53 bits per heavy atom. The van der Waals surface area contributed by atoms with Gasteiger partial charge < -0.3 is 29.7 Å². The number of amides is 3. The second kappa shape index (κ2) is 19.9. The third-order valence-electron chi connectivity index (χ3n) is 8.62. The number of nitrogens with zero attached hydrogens (tertiary/aromatic N) is 3. The van der Waals surface area contributed by atoms with E-state index >= 15 is 4.39 Å². The number of allylic oxidation sites excluding steroid dienone is 2. The van der Waals surface area contributed by atoms with E-state index in [2.05, 4.69) is 28.3 Å². The fourth-order valence-corrected chi connectivity index (χ4v) is 7.00. The third-order valence-corrected chi connectivity index (χ3v) is 9.65. The second-order valence-corrected chi connectivity index (χ2v) is 17.0. The van der Waals surface area contributed by atoms with Gasteiger partial charge in [0.2, 0.25) is 5.91 Å². The van der Waals surface area contributed by atoms with Gasteiger partial charge in [-0.25, -0.2) is 22.8 Å². The number of thioether (sulfide) groups is 1. The predicted octanol–water partition coefficient (Wildman–Crippen LogP) is 8.82. The summed E-state index contributed by atoms with van der Waals surface area (Å²) in [6.07, 6.45) is 1.71. The average Bonchev–Trinajstić information content (AvgIpc) is 3.13. The molecule has 15 heteroatoms. The van der Waals surface area contributed by atoms with Crippen molar-refractivity contribution in [3.63, 3.8) is 0 Å². The number of rotatable bonds is 13. The molecule has 0 radical (unpaired) electrons. The number of morpholine rings is 1. The largest absolute Gasteiger partial charge is 0.444 e.